The molecule has 0 aliphatic carbocycles. The van der Waals surface area contributed by atoms with Crippen molar-refractivity contribution in [2.45, 2.75) is 51.7 Å². The van der Waals surface area contributed by atoms with E-state index in [4.69, 9.17) is 0 Å². The third-order valence-electron chi connectivity index (χ3n) is 4.18. The Morgan fingerprint density at radius 2 is 1.88 bits per heavy atom. The molecule has 4 nitrogen and oxygen atoms in total. The van der Waals surface area contributed by atoms with Gasteiger partial charge >= 0.3 is 6.61 Å². The molecule has 24 heavy (non-hydrogen) atoms. The highest BCUT2D eigenvalue weighted by atomic mass is 19.3. The number of benzene rings is 1. The van der Waals surface area contributed by atoms with Gasteiger partial charge in [0.15, 0.2) is 0 Å². The van der Waals surface area contributed by atoms with Gasteiger partial charge in [-0.1, -0.05) is 18.6 Å². The number of halogens is 2. The Bertz CT molecular complexity index is 502. The van der Waals surface area contributed by atoms with Crippen LogP contribution in [0.25, 0.3) is 0 Å². The van der Waals surface area contributed by atoms with E-state index in [1.54, 1.807) is 12.1 Å². The Morgan fingerprint density at radius 3 is 2.50 bits per heavy atom. The van der Waals surface area contributed by atoms with Gasteiger partial charge in [0, 0.05) is 19.0 Å². The third-order valence-corrected chi connectivity index (χ3v) is 4.18. The second kappa shape index (κ2) is 9.57. The number of piperidine rings is 1. The zero-order valence-electron chi connectivity index (χ0n) is 14.1. The minimum Gasteiger partial charge on any atom is -0.435 e. The molecular formula is C18H26F2N2O2. The standard InChI is InChI=1S/C18H26F2N2O2/c1-14(13-22-11-3-2-4-12-22)21-17(23)10-7-15-5-8-16(9-6-15)24-18(19)20/h5-6,8-9,14,18H,2-4,7,10-13H2,1H3,(H,21,23). The fourth-order valence-electron chi connectivity index (χ4n) is 3.02. The maximum absolute atomic E-state index is 12.1. The molecule has 1 N–H and O–H groups in total. The molecular weight excluding hydrogens is 314 g/mol. The second-order valence-electron chi connectivity index (χ2n) is 6.35. The van der Waals surface area contributed by atoms with E-state index < -0.39 is 6.61 Å². The molecule has 6 heteroatoms. The first-order valence-corrected chi connectivity index (χ1v) is 8.58. The van der Waals surface area contributed by atoms with Crippen molar-refractivity contribution in [3.63, 3.8) is 0 Å². The van der Waals surface area contributed by atoms with Crippen LogP contribution in [0.4, 0.5) is 8.78 Å². The molecule has 1 saturated heterocycles. The molecule has 0 saturated carbocycles. The van der Waals surface area contributed by atoms with Gasteiger partial charge in [0.25, 0.3) is 0 Å². The van der Waals surface area contributed by atoms with Crippen molar-refractivity contribution in [2.75, 3.05) is 19.6 Å². The predicted octanol–water partition coefficient (Wildman–Crippen LogP) is 3.21. The van der Waals surface area contributed by atoms with Crippen molar-refractivity contribution in [1.82, 2.24) is 10.2 Å². The number of amides is 1. The maximum Gasteiger partial charge on any atom is 0.387 e. The zero-order valence-corrected chi connectivity index (χ0v) is 14.1. The lowest BCUT2D eigenvalue weighted by Gasteiger charge is -2.29. The van der Waals surface area contributed by atoms with E-state index in [2.05, 4.69) is 15.0 Å². The minimum atomic E-state index is -2.82. The highest BCUT2D eigenvalue weighted by molar-refractivity contribution is 5.76. The molecule has 1 fully saturated rings. The van der Waals surface area contributed by atoms with Crippen molar-refractivity contribution >= 4 is 5.91 Å². The van der Waals surface area contributed by atoms with Gasteiger partial charge in [-0.3, -0.25) is 4.79 Å². The molecule has 0 spiro atoms. The van der Waals surface area contributed by atoms with Crippen LogP contribution >= 0.6 is 0 Å². The molecule has 1 aromatic rings. The van der Waals surface area contributed by atoms with E-state index >= 15 is 0 Å². The number of rotatable bonds is 8. The summed E-state index contributed by atoms with van der Waals surface area (Å²) in [6, 6.07) is 6.55. The molecule has 2 rings (SSSR count). The first-order valence-electron chi connectivity index (χ1n) is 8.58. The van der Waals surface area contributed by atoms with Gasteiger partial charge in [-0.25, -0.2) is 0 Å². The van der Waals surface area contributed by atoms with E-state index in [0.29, 0.717) is 12.8 Å². The van der Waals surface area contributed by atoms with Crippen molar-refractivity contribution in [3.05, 3.63) is 29.8 Å². The van der Waals surface area contributed by atoms with Gasteiger partial charge in [-0.15, -0.1) is 0 Å². The fourth-order valence-corrected chi connectivity index (χ4v) is 3.02. The summed E-state index contributed by atoms with van der Waals surface area (Å²) in [6.07, 6.45) is 4.76. The number of hydrogen-bond acceptors (Lipinski definition) is 3. The lowest BCUT2D eigenvalue weighted by molar-refractivity contribution is -0.121. The number of hydrogen-bond donors (Lipinski definition) is 1. The number of aryl methyl sites for hydroxylation is 1. The lowest BCUT2D eigenvalue weighted by Crippen LogP contribution is -2.43. The smallest absolute Gasteiger partial charge is 0.387 e. The summed E-state index contributed by atoms with van der Waals surface area (Å²) < 4.78 is 28.5. The Morgan fingerprint density at radius 1 is 1.21 bits per heavy atom. The average molecular weight is 340 g/mol. The SMILES string of the molecule is CC(CN1CCCCC1)NC(=O)CCc1ccc(OC(F)F)cc1. The van der Waals surface area contributed by atoms with Crippen LogP contribution in [0.15, 0.2) is 24.3 Å². The van der Waals surface area contributed by atoms with Gasteiger partial charge < -0.3 is 15.0 Å². The number of carbonyl (C=O) groups is 1. The lowest BCUT2D eigenvalue weighted by atomic mass is 10.1. The number of carbonyl (C=O) groups excluding carboxylic acids is 1. The topological polar surface area (TPSA) is 41.6 Å². The third kappa shape index (κ3) is 6.83. The van der Waals surface area contributed by atoms with E-state index in [1.165, 1.54) is 31.4 Å². The number of nitrogens with one attached hydrogen (secondary N) is 1. The summed E-state index contributed by atoms with van der Waals surface area (Å²) in [6.45, 7) is 2.34. The van der Waals surface area contributed by atoms with E-state index in [-0.39, 0.29) is 17.7 Å². The molecule has 134 valence electrons. The maximum atomic E-state index is 12.1. The van der Waals surface area contributed by atoms with Crippen LogP contribution in [0.3, 0.4) is 0 Å². The Hall–Kier alpha value is -1.69. The van der Waals surface area contributed by atoms with Crippen molar-refractivity contribution in [3.8, 4) is 5.75 Å². The Balaban J connectivity index is 1.68. The molecule has 1 amide bonds. The molecule has 1 atom stereocenters. The normalized spacial score (nSPS) is 16.8. The average Bonchev–Trinajstić information content (AvgIpc) is 2.54. The molecule has 1 aliphatic rings. The van der Waals surface area contributed by atoms with Crippen LogP contribution in [0.5, 0.6) is 5.75 Å². The summed E-state index contributed by atoms with van der Waals surface area (Å²) in [5.41, 5.74) is 0.926. The van der Waals surface area contributed by atoms with E-state index in [9.17, 15) is 13.6 Å². The van der Waals surface area contributed by atoms with Crippen LogP contribution in [0.2, 0.25) is 0 Å². The summed E-state index contributed by atoms with van der Waals surface area (Å²) >= 11 is 0. The quantitative estimate of drug-likeness (QED) is 0.790. The van der Waals surface area contributed by atoms with Crippen molar-refractivity contribution in [1.29, 1.82) is 0 Å². The fraction of sp³-hybridized carbons (Fsp3) is 0.611. The zero-order chi connectivity index (χ0) is 17.4. The van der Waals surface area contributed by atoms with E-state index in [1.807, 2.05) is 6.92 Å². The van der Waals surface area contributed by atoms with Gasteiger partial charge in [-0.05, 0) is 57.0 Å². The van der Waals surface area contributed by atoms with Crippen LogP contribution in [0.1, 0.15) is 38.2 Å². The summed E-state index contributed by atoms with van der Waals surface area (Å²) in [5, 5.41) is 3.03. The van der Waals surface area contributed by atoms with E-state index in [0.717, 1.165) is 25.2 Å². The minimum absolute atomic E-state index is 0.0208. The van der Waals surface area contributed by atoms with Gasteiger partial charge in [0.1, 0.15) is 5.75 Å². The molecule has 1 unspecified atom stereocenters. The van der Waals surface area contributed by atoms with Gasteiger partial charge in [0.05, 0.1) is 0 Å². The van der Waals surface area contributed by atoms with Gasteiger partial charge in [0.2, 0.25) is 5.91 Å². The van der Waals surface area contributed by atoms with Gasteiger partial charge in [-0.2, -0.15) is 8.78 Å². The van der Waals surface area contributed by atoms with Crippen LogP contribution < -0.4 is 10.1 Å². The Kier molecular flexibility index (Phi) is 7.43. The number of nitrogens with zero attached hydrogens (tertiary/aromatic N) is 1. The Labute approximate surface area is 142 Å². The summed E-state index contributed by atoms with van der Waals surface area (Å²) in [4.78, 5) is 14.4. The molecule has 1 aromatic carbocycles. The molecule has 0 bridgehead atoms. The highest BCUT2D eigenvalue weighted by Crippen LogP contribution is 2.15. The number of alkyl halides is 2. The molecule has 1 heterocycles. The van der Waals surface area contributed by atoms with Crippen LogP contribution in [-0.4, -0.2) is 43.1 Å². The second-order valence-corrected chi connectivity index (χ2v) is 6.35. The highest BCUT2D eigenvalue weighted by Gasteiger charge is 2.15. The summed E-state index contributed by atoms with van der Waals surface area (Å²) in [5.74, 6) is 0.153. The largest absolute Gasteiger partial charge is 0.435 e. The van der Waals surface area contributed by atoms with Crippen LogP contribution in [0, 0.1) is 0 Å². The number of likely N-dealkylation sites (tertiary alicyclic amines) is 1. The summed E-state index contributed by atoms with van der Waals surface area (Å²) in [7, 11) is 0. The monoisotopic (exact) mass is 340 g/mol. The first-order chi connectivity index (χ1) is 11.5. The first kappa shape index (κ1) is 18.6. The van der Waals surface area contributed by atoms with Crippen molar-refractivity contribution in [2.24, 2.45) is 0 Å². The number of ether oxygens (including phenoxy) is 1. The predicted molar refractivity (Wildman–Crippen MR) is 89.3 cm³/mol. The van der Waals surface area contributed by atoms with Crippen molar-refractivity contribution < 1.29 is 18.3 Å². The molecule has 0 aromatic heterocycles. The molecule has 1 aliphatic heterocycles. The molecule has 0 radical (unpaired) electrons. The van der Waals surface area contributed by atoms with Crippen LogP contribution in [-0.2, 0) is 11.2 Å².